The number of ether oxygens (including phenoxy) is 2. The smallest absolute Gasteiger partial charge is 0.374 e. The number of aromatic nitrogens is 1. The molecule has 0 aliphatic carbocycles. The molecule has 0 bridgehead atoms. The summed E-state index contributed by atoms with van der Waals surface area (Å²) in [6, 6.07) is 24.8. The Morgan fingerprint density at radius 3 is 2.40 bits per heavy atom. The van der Waals surface area contributed by atoms with Crippen molar-refractivity contribution in [3.8, 4) is 5.75 Å². The number of hydrogen-bond donors (Lipinski definition) is 2. The summed E-state index contributed by atoms with van der Waals surface area (Å²) >= 11 is 0. The van der Waals surface area contributed by atoms with Crippen molar-refractivity contribution in [2.24, 2.45) is 0 Å². The number of oxazole rings is 1. The van der Waals surface area contributed by atoms with Gasteiger partial charge in [-0.25, -0.2) is 0 Å². The molecule has 6 rings (SSSR count). The number of allylic oxidation sites excluding steroid dienone is 6. The molecule has 0 unspecified atom stereocenters. The maximum atomic E-state index is 11.0. The topological polar surface area (TPSA) is 96.3 Å². The van der Waals surface area contributed by atoms with E-state index in [2.05, 4.69) is 58.0 Å². The lowest BCUT2D eigenvalue weighted by molar-refractivity contribution is -0.678. The fourth-order valence-corrected chi connectivity index (χ4v) is 5.92. The van der Waals surface area contributed by atoms with Crippen LogP contribution in [0.25, 0.3) is 38.7 Å². The van der Waals surface area contributed by atoms with Gasteiger partial charge >= 0.3 is 11.9 Å². The minimum absolute atomic E-state index is 0.154. The van der Waals surface area contributed by atoms with Gasteiger partial charge in [0.2, 0.25) is 11.5 Å². The Morgan fingerprint density at radius 1 is 0.830 bits per heavy atom. The highest BCUT2D eigenvalue weighted by Crippen LogP contribution is 2.44. The molecule has 0 spiro atoms. The highest BCUT2D eigenvalue weighted by molar-refractivity contribution is 6.02. The number of aliphatic carboxylic acids is 1. The van der Waals surface area contributed by atoms with Gasteiger partial charge in [0, 0.05) is 42.8 Å². The van der Waals surface area contributed by atoms with Gasteiger partial charge in [0.15, 0.2) is 12.3 Å². The number of fused-ring (bicyclic) bond motifs is 6. The van der Waals surface area contributed by atoms with Gasteiger partial charge in [-0.05, 0) is 48.2 Å². The average molecular weight is 632 g/mol. The number of unbranched alkanes of at least 4 members (excludes halogenated alkanes) is 2. The van der Waals surface area contributed by atoms with Gasteiger partial charge < -0.3 is 29.0 Å². The van der Waals surface area contributed by atoms with E-state index in [-0.39, 0.29) is 13.2 Å². The lowest BCUT2D eigenvalue weighted by Crippen LogP contribution is -2.35. The molecule has 0 fully saturated rings. The van der Waals surface area contributed by atoms with Gasteiger partial charge in [0.25, 0.3) is 5.52 Å². The standard InChI is InChI=1S/C39H38N2O6/c42-28-45-27-13-12-26-41-34-24-22-30-15-7-9-17-32(30)39(34)47-36(41)19-5-3-1-2-4-18-35-40(25-11-10-20-37(43)44)33-23-21-29-14-6-8-16-31(29)38(33)46-35/h1-9,14-19,21-24,42H,10-13,20,25-28H2/p+1. The molecular formula is C39H39N2O6+. The quantitative estimate of drug-likeness (QED) is 0.0525. The molecule has 5 aromatic rings. The summed E-state index contributed by atoms with van der Waals surface area (Å²) in [5.74, 6) is 1.53. The van der Waals surface area contributed by atoms with Crippen molar-refractivity contribution in [1.29, 1.82) is 0 Å². The molecule has 1 aromatic heterocycles. The van der Waals surface area contributed by atoms with Crippen LogP contribution in [0.4, 0.5) is 5.69 Å². The maximum absolute atomic E-state index is 11.0. The van der Waals surface area contributed by atoms with E-state index in [4.69, 9.17) is 24.1 Å². The van der Waals surface area contributed by atoms with E-state index >= 15 is 0 Å². The lowest BCUT2D eigenvalue weighted by atomic mass is 10.1. The number of aliphatic hydroxyl groups is 1. The van der Waals surface area contributed by atoms with E-state index in [1.165, 1.54) is 0 Å². The lowest BCUT2D eigenvalue weighted by Gasteiger charge is -2.17. The molecule has 4 aromatic carbocycles. The third-order valence-electron chi connectivity index (χ3n) is 8.20. The molecule has 1 aliphatic heterocycles. The van der Waals surface area contributed by atoms with Crippen LogP contribution >= 0.6 is 0 Å². The Bertz CT molecular complexity index is 1990. The molecule has 240 valence electrons. The monoisotopic (exact) mass is 631 g/mol. The van der Waals surface area contributed by atoms with Crippen molar-refractivity contribution in [2.45, 2.75) is 38.6 Å². The zero-order valence-corrected chi connectivity index (χ0v) is 26.3. The summed E-state index contributed by atoms with van der Waals surface area (Å²) in [4.78, 5) is 13.1. The number of aryl methyl sites for hydroxylation is 1. The number of carboxylic acid groups (broad SMARTS) is 1. The molecule has 8 heteroatoms. The summed E-state index contributed by atoms with van der Waals surface area (Å²) in [5, 5.41) is 22.3. The minimum Gasteiger partial charge on any atom is -0.481 e. The van der Waals surface area contributed by atoms with Gasteiger partial charge in [-0.1, -0.05) is 85.0 Å². The third kappa shape index (κ3) is 7.46. The zero-order chi connectivity index (χ0) is 32.4. The fourth-order valence-electron chi connectivity index (χ4n) is 5.92. The van der Waals surface area contributed by atoms with Gasteiger partial charge in [-0.15, -0.1) is 0 Å². The summed E-state index contributed by atoms with van der Waals surface area (Å²) in [5.41, 5.74) is 2.90. The van der Waals surface area contributed by atoms with Crippen molar-refractivity contribution >= 4 is 50.4 Å². The SMILES string of the molecule is O=C(O)CCCCN1/C(=C/C=C/C=C/C=C/c2oc3c4ccccc4ccc3[n+]2CCCCOCO)Oc2c1ccc1ccccc21. The fraction of sp³-hybridized carbons (Fsp3) is 0.231. The second-order valence-electron chi connectivity index (χ2n) is 11.3. The minimum atomic E-state index is -0.776. The molecule has 2 heterocycles. The molecule has 0 atom stereocenters. The van der Waals surface area contributed by atoms with Crippen molar-refractivity contribution in [3.05, 3.63) is 121 Å². The van der Waals surface area contributed by atoms with E-state index in [1.54, 1.807) is 0 Å². The van der Waals surface area contributed by atoms with Crippen LogP contribution in [-0.4, -0.2) is 36.1 Å². The van der Waals surface area contributed by atoms with E-state index in [0.29, 0.717) is 25.5 Å². The van der Waals surface area contributed by atoms with Crippen molar-refractivity contribution in [2.75, 3.05) is 24.8 Å². The number of anilines is 1. The van der Waals surface area contributed by atoms with E-state index in [0.717, 1.165) is 75.8 Å². The molecule has 1 aliphatic rings. The first-order valence-electron chi connectivity index (χ1n) is 16.1. The normalized spacial score (nSPS) is 14.1. The van der Waals surface area contributed by atoms with Crippen LogP contribution in [-0.2, 0) is 16.1 Å². The predicted octanol–water partition coefficient (Wildman–Crippen LogP) is 7.89. The van der Waals surface area contributed by atoms with Gasteiger partial charge in [0.1, 0.15) is 6.79 Å². The van der Waals surface area contributed by atoms with E-state index in [9.17, 15) is 4.79 Å². The van der Waals surface area contributed by atoms with Crippen molar-refractivity contribution < 1.29 is 33.5 Å². The second-order valence-corrected chi connectivity index (χ2v) is 11.3. The molecule has 47 heavy (non-hydrogen) atoms. The number of benzene rings is 4. The predicted molar refractivity (Wildman–Crippen MR) is 185 cm³/mol. The maximum Gasteiger partial charge on any atom is 0.374 e. The number of hydrogen-bond acceptors (Lipinski definition) is 6. The summed E-state index contributed by atoms with van der Waals surface area (Å²) < 4.78 is 20.1. The number of carboxylic acids is 1. The molecule has 0 saturated carbocycles. The van der Waals surface area contributed by atoms with E-state index in [1.807, 2.05) is 66.8 Å². The van der Waals surface area contributed by atoms with Crippen LogP contribution in [0.1, 0.15) is 38.0 Å². The number of nitrogens with zero attached hydrogens (tertiary/aromatic N) is 2. The molecule has 8 nitrogen and oxygen atoms in total. The summed E-state index contributed by atoms with van der Waals surface area (Å²) in [6.07, 6.45) is 16.9. The Hall–Kier alpha value is -5.18. The summed E-state index contributed by atoms with van der Waals surface area (Å²) in [7, 11) is 0. The average Bonchev–Trinajstić information content (AvgIpc) is 3.63. The molecule has 0 amide bonds. The van der Waals surface area contributed by atoms with Crippen LogP contribution in [0, 0.1) is 0 Å². The molecule has 0 saturated heterocycles. The van der Waals surface area contributed by atoms with Crippen LogP contribution in [0.2, 0.25) is 0 Å². The van der Waals surface area contributed by atoms with Crippen LogP contribution in [0.3, 0.4) is 0 Å². The van der Waals surface area contributed by atoms with Crippen molar-refractivity contribution in [3.63, 3.8) is 0 Å². The summed E-state index contributed by atoms with van der Waals surface area (Å²) in [6.45, 7) is 1.69. The van der Waals surface area contributed by atoms with E-state index < -0.39 is 5.97 Å². The molecule has 0 radical (unpaired) electrons. The zero-order valence-electron chi connectivity index (χ0n) is 26.3. The van der Waals surface area contributed by atoms with Crippen molar-refractivity contribution in [1.82, 2.24) is 0 Å². The van der Waals surface area contributed by atoms with Gasteiger partial charge in [0.05, 0.1) is 11.8 Å². The van der Waals surface area contributed by atoms with Crippen LogP contribution < -0.4 is 14.2 Å². The highest BCUT2D eigenvalue weighted by atomic mass is 16.6. The second kappa shape index (κ2) is 15.4. The Morgan fingerprint density at radius 2 is 1.57 bits per heavy atom. The first kappa shape index (κ1) is 31.8. The number of aliphatic hydroxyl groups excluding tert-OH is 1. The first-order valence-corrected chi connectivity index (χ1v) is 16.1. The largest absolute Gasteiger partial charge is 0.481 e. The molecular weight excluding hydrogens is 592 g/mol. The van der Waals surface area contributed by atoms with Gasteiger partial charge in [-0.2, -0.15) is 4.57 Å². The van der Waals surface area contributed by atoms with Crippen LogP contribution in [0.5, 0.6) is 5.75 Å². The third-order valence-corrected chi connectivity index (χ3v) is 8.20. The van der Waals surface area contributed by atoms with Crippen LogP contribution in [0.15, 0.2) is 120 Å². The Kier molecular flexibility index (Phi) is 10.4. The Labute approximate surface area is 273 Å². The Balaban J connectivity index is 1.18. The first-order chi connectivity index (χ1) is 23.1. The molecule has 2 N–H and O–H groups in total. The number of rotatable bonds is 15. The van der Waals surface area contributed by atoms with Gasteiger partial charge in [-0.3, -0.25) is 4.79 Å². The highest BCUT2D eigenvalue weighted by Gasteiger charge is 2.27. The number of carbonyl (C=O) groups is 1.